The van der Waals surface area contributed by atoms with Gasteiger partial charge in [0.05, 0.1) is 21.8 Å². The average molecular weight is 427 g/mol. The molecule has 0 unspecified atom stereocenters. The van der Waals surface area contributed by atoms with Crippen molar-refractivity contribution in [3.8, 4) is 0 Å². The van der Waals surface area contributed by atoms with Crippen molar-refractivity contribution in [2.45, 2.75) is 32.9 Å². The fraction of sp³-hybridized carbons (Fsp3) is 0.400. The summed E-state index contributed by atoms with van der Waals surface area (Å²) in [5, 5.41) is 7.11. The molecule has 1 heterocycles. The Balaban J connectivity index is 1.99. The Morgan fingerprint density at radius 2 is 1.86 bits per heavy atom. The minimum absolute atomic E-state index is 0.0820. The van der Waals surface area contributed by atoms with Crippen LogP contribution in [-0.2, 0) is 11.0 Å². The van der Waals surface area contributed by atoms with Gasteiger partial charge in [0.1, 0.15) is 0 Å². The number of anilines is 2. The van der Waals surface area contributed by atoms with Gasteiger partial charge in [0.15, 0.2) is 0 Å². The Labute approximate surface area is 171 Å². The lowest BCUT2D eigenvalue weighted by molar-refractivity contribution is -0.137. The van der Waals surface area contributed by atoms with Crippen molar-refractivity contribution >= 4 is 34.5 Å². The summed E-state index contributed by atoms with van der Waals surface area (Å²) in [5.74, 6) is -0.606. The maximum absolute atomic E-state index is 13.1. The normalized spacial score (nSPS) is 11.2. The number of halogens is 3. The number of benzene rings is 1. The van der Waals surface area contributed by atoms with Gasteiger partial charge in [0, 0.05) is 26.1 Å². The third-order valence-electron chi connectivity index (χ3n) is 4.31. The largest absolute Gasteiger partial charge is 0.416 e. The Morgan fingerprint density at radius 1 is 1.14 bits per heavy atom. The zero-order valence-electron chi connectivity index (χ0n) is 16.3. The molecule has 2 N–H and O–H groups in total. The summed E-state index contributed by atoms with van der Waals surface area (Å²) in [6, 6.07) is 6.84. The number of hydrogen-bond donors (Lipinski definition) is 2. The van der Waals surface area contributed by atoms with Crippen molar-refractivity contribution in [3.05, 3.63) is 46.2 Å². The first-order valence-electron chi connectivity index (χ1n) is 9.34. The first kappa shape index (κ1) is 22.7. The van der Waals surface area contributed by atoms with E-state index in [1.54, 1.807) is 17.5 Å². The van der Waals surface area contributed by atoms with Crippen molar-refractivity contribution in [3.63, 3.8) is 0 Å². The molecule has 0 aliphatic heterocycles. The number of thiophene rings is 1. The minimum atomic E-state index is -4.49. The van der Waals surface area contributed by atoms with E-state index in [-0.39, 0.29) is 18.0 Å². The van der Waals surface area contributed by atoms with E-state index in [4.69, 9.17) is 0 Å². The molecule has 0 fully saturated rings. The summed E-state index contributed by atoms with van der Waals surface area (Å²) in [6.45, 7) is 5.28. The smallest absolute Gasteiger partial charge is 0.370 e. The zero-order valence-corrected chi connectivity index (χ0v) is 17.1. The van der Waals surface area contributed by atoms with Gasteiger partial charge in [-0.3, -0.25) is 9.59 Å². The lowest BCUT2D eigenvalue weighted by Crippen LogP contribution is -2.26. The molecule has 0 spiro atoms. The topological polar surface area (TPSA) is 61.4 Å². The van der Waals surface area contributed by atoms with Crippen LogP contribution in [0, 0.1) is 0 Å². The molecule has 0 aliphatic rings. The van der Waals surface area contributed by atoms with Crippen molar-refractivity contribution in [2.24, 2.45) is 0 Å². The molecule has 5 nitrogen and oxygen atoms in total. The number of alkyl halides is 3. The summed E-state index contributed by atoms with van der Waals surface area (Å²) in [7, 11) is 0. The van der Waals surface area contributed by atoms with Crippen LogP contribution in [0.25, 0.3) is 0 Å². The molecule has 158 valence electrons. The van der Waals surface area contributed by atoms with Gasteiger partial charge in [-0.05, 0) is 49.9 Å². The van der Waals surface area contributed by atoms with E-state index in [2.05, 4.69) is 10.6 Å². The van der Waals surface area contributed by atoms with Crippen LogP contribution in [0.3, 0.4) is 0 Å². The van der Waals surface area contributed by atoms with Gasteiger partial charge in [0.25, 0.3) is 5.91 Å². The average Bonchev–Trinajstić information content (AvgIpc) is 3.21. The highest BCUT2D eigenvalue weighted by molar-refractivity contribution is 7.12. The molecule has 1 aromatic heterocycles. The molecule has 29 heavy (non-hydrogen) atoms. The number of nitrogens with zero attached hydrogens (tertiary/aromatic N) is 1. The monoisotopic (exact) mass is 427 g/mol. The molecule has 2 rings (SSSR count). The van der Waals surface area contributed by atoms with Crippen LogP contribution in [0.4, 0.5) is 24.5 Å². The van der Waals surface area contributed by atoms with Gasteiger partial charge in [-0.1, -0.05) is 6.07 Å². The van der Waals surface area contributed by atoms with Crippen molar-refractivity contribution < 1.29 is 22.8 Å². The Bertz CT molecular complexity index is 819. The van der Waals surface area contributed by atoms with E-state index < -0.39 is 17.6 Å². The molecule has 1 aromatic carbocycles. The quantitative estimate of drug-likeness (QED) is 0.567. The van der Waals surface area contributed by atoms with Gasteiger partial charge in [0.2, 0.25) is 5.91 Å². The van der Waals surface area contributed by atoms with Gasteiger partial charge < -0.3 is 15.5 Å². The zero-order chi connectivity index (χ0) is 21.4. The second-order valence-electron chi connectivity index (χ2n) is 6.29. The van der Waals surface area contributed by atoms with E-state index in [0.29, 0.717) is 36.6 Å². The standard InChI is InChI=1S/C20H24F3N3O2S/c1-3-26(4-2)16-10-9-14(20(21,22)23)13-15(16)25-18(27)8-5-11-24-19(28)17-7-6-12-29-17/h6-7,9-10,12-13H,3-5,8,11H2,1-2H3,(H,24,28)(H,25,27). The molecule has 0 aliphatic carbocycles. The Hall–Kier alpha value is -2.55. The van der Waals surface area contributed by atoms with Gasteiger partial charge in [-0.15, -0.1) is 11.3 Å². The van der Waals surface area contributed by atoms with Crippen LogP contribution in [0.15, 0.2) is 35.7 Å². The first-order valence-corrected chi connectivity index (χ1v) is 10.2. The highest BCUT2D eigenvalue weighted by Gasteiger charge is 2.31. The lowest BCUT2D eigenvalue weighted by atomic mass is 10.1. The molecule has 9 heteroatoms. The van der Waals surface area contributed by atoms with Crippen molar-refractivity contribution in [2.75, 3.05) is 29.9 Å². The van der Waals surface area contributed by atoms with Crippen LogP contribution in [0.1, 0.15) is 41.9 Å². The third-order valence-corrected chi connectivity index (χ3v) is 5.18. The Morgan fingerprint density at radius 3 is 2.45 bits per heavy atom. The maximum Gasteiger partial charge on any atom is 0.416 e. The van der Waals surface area contributed by atoms with E-state index in [0.717, 1.165) is 12.1 Å². The van der Waals surface area contributed by atoms with Gasteiger partial charge in [-0.2, -0.15) is 13.2 Å². The number of rotatable bonds is 9. The van der Waals surface area contributed by atoms with Crippen molar-refractivity contribution in [1.82, 2.24) is 5.32 Å². The Kier molecular flexibility index (Phi) is 8.07. The van der Waals surface area contributed by atoms with E-state index in [1.165, 1.54) is 17.4 Å². The molecule has 0 bridgehead atoms. The maximum atomic E-state index is 13.1. The highest BCUT2D eigenvalue weighted by atomic mass is 32.1. The van der Waals surface area contributed by atoms with E-state index >= 15 is 0 Å². The molecule has 0 saturated heterocycles. The first-order chi connectivity index (χ1) is 13.8. The molecule has 2 aromatic rings. The SMILES string of the molecule is CCN(CC)c1ccc(C(F)(F)F)cc1NC(=O)CCCNC(=O)c1cccs1. The van der Waals surface area contributed by atoms with Crippen LogP contribution >= 0.6 is 11.3 Å². The second-order valence-corrected chi connectivity index (χ2v) is 7.23. The fourth-order valence-electron chi connectivity index (χ4n) is 2.81. The molecule has 0 saturated carbocycles. The molecule has 0 atom stereocenters. The van der Waals surface area contributed by atoms with Crippen LogP contribution in [0.2, 0.25) is 0 Å². The number of carbonyl (C=O) groups excluding carboxylic acids is 2. The van der Waals surface area contributed by atoms with E-state index in [1.807, 2.05) is 18.7 Å². The van der Waals surface area contributed by atoms with Gasteiger partial charge >= 0.3 is 6.18 Å². The highest BCUT2D eigenvalue weighted by Crippen LogP contribution is 2.35. The van der Waals surface area contributed by atoms with Crippen LogP contribution < -0.4 is 15.5 Å². The molecular weight excluding hydrogens is 403 g/mol. The predicted molar refractivity (Wildman–Crippen MR) is 110 cm³/mol. The number of amides is 2. The lowest BCUT2D eigenvalue weighted by Gasteiger charge is -2.25. The number of nitrogens with one attached hydrogen (secondary N) is 2. The summed E-state index contributed by atoms with van der Waals surface area (Å²) in [4.78, 5) is 26.6. The summed E-state index contributed by atoms with van der Waals surface area (Å²) in [5.41, 5.74) is -0.134. The third kappa shape index (κ3) is 6.49. The minimum Gasteiger partial charge on any atom is -0.370 e. The summed E-state index contributed by atoms with van der Waals surface area (Å²) >= 11 is 1.32. The second kappa shape index (κ2) is 10.3. The number of carbonyl (C=O) groups is 2. The molecule has 0 radical (unpaired) electrons. The summed E-state index contributed by atoms with van der Waals surface area (Å²) in [6.07, 6.45) is -4.03. The van der Waals surface area contributed by atoms with Crippen LogP contribution in [0.5, 0.6) is 0 Å². The van der Waals surface area contributed by atoms with Gasteiger partial charge in [-0.25, -0.2) is 0 Å². The van der Waals surface area contributed by atoms with Crippen molar-refractivity contribution in [1.29, 1.82) is 0 Å². The van der Waals surface area contributed by atoms with E-state index in [9.17, 15) is 22.8 Å². The fourth-order valence-corrected chi connectivity index (χ4v) is 3.45. The molecular formula is C20H24F3N3O2S. The van der Waals surface area contributed by atoms with Crippen LogP contribution in [-0.4, -0.2) is 31.4 Å². The number of hydrogen-bond acceptors (Lipinski definition) is 4. The predicted octanol–water partition coefficient (Wildman–Crippen LogP) is 4.76. The summed E-state index contributed by atoms with van der Waals surface area (Å²) < 4.78 is 39.2. The molecule has 2 amide bonds.